The van der Waals surface area contributed by atoms with Gasteiger partial charge in [-0.3, -0.25) is 9.80 Å². The molecule has 1 unspecified atom stereocenters. The van der Waals surface area contributed by atoms with E-state index in [9.17, 15) is 0 Å². The molecule has 1 aromatic rings. The minimum atomic E-state index is 0.174. The van der Waals surface area contributed by atoms with Crippen LogP contribution in [0.2, 0.25) is 0 Å². The Morgan fingerprint density at radius 1 is 0.882 bits per heavy atom. The molecule has 6 heteroatoms. The highest BCUT2D eigenvalue weighted by molar-refractivity contribution is 5.23. The number of unbranched alkanes of at least 4 members (excludes halogenated alkanes) is 8. The van der Waals surface area contributed by atoms with Gasteiger partial charge in [-0.15, -0.1) is 0 Å². The SMILES string of the molecule is CCCCCCCCCCC(Nc1ncncn1)N(CCCC)C1CC(C)(C)N(C)C(C)(C)C1. The van der Waals surface area contributed by atoms with Crippen molar-refractivity contribution in [2.45, 2.75) is 148 Å². The number of hydrogen-bond donors (Lipinski definition) is 1. The number of piperidine rings is 1. The molecule has 0 amide bonds. The molecule has 0 radical (unpaired) electrons. The number of anilines is 1. The van der Waals surface area contributed by atoms with Crippen LogP contribution in [-0.4, -0.2) is 61.6 Å². The molecular formula is C28H54N6. The minimum absolute atomic E-state index is 0.174. The van der Waals surface area contributed by atoms with Crippen molar-refractivity contribution in [2.24, 2.45) is 0 Å². The molecule has 34 heavy (non-hydrogen) atoms. The zero-order valence-electron chi connectivity index (χ0n) is 23.4. The fraction of sp³-hybridized carbons (Fsp3) is 0.893. The molecule has 2 heterocycles. The molecular weight excluding hydrogens is 420 g/mol. The highest BCUT2D eigenvalue weighted by Gasteiger charge is 2.45. The van der Waals surface area contributed by atoms with Crippen LogP contribution in [0.15, 0.2) is 12.7 Å². The smallest absolute Gasteiger partial charge is 0.226 e. The molecule has 1 atom stereocenters. The van der Waals surface area contributed by atoms with Gasteiger partial charge in [0, 0.05) is 23.7 Å². The predicted molar refractivity (Wildman–Crippen MR) is 145 cm³/mol. The van der Waals surface area contributed by atoms with Gasteiger partial charge in [0.15, 0.2) is 0 Å². The Kier molecular flexibility index (Phi) is 12.2. The van der Waals surface area contributed by atoms with E-state index in [-0.39, 0.29) is 17.2 Å². The third kappa shape index (κ3) is 9.07. The van der Waals surface area contributed by atoms with Crippen molar-refractivity contribution in [1.29, 1.82) is 0 Å². The Morgan fingerprint density at radius 3 is 1.97 bits per heavy atom. The normalized spacial score (nSPS) is 19.4. The summed E-state index contributed by atoms with van der Waals surface area (Å²) in [5.41, 5.74) is 0.347. The van der Waals surface area contributed by atoms with E-state index in [1.165, 1.54) is 77.0 Å². The summed E-state index contributed by atoms with van der Waals surface area (Å²) in [7, 11) is 2.30. The highest BCUT2D eigenvalue weighted by atomic mass is 15.3. The first kappa shape index (κ1) is 29.0. The maximum absolute atomic E-state index is 4.41. The van der Waals surface area contributed by atoms with Crippen LogP contribution in [0, 0.1) is 0 Å². The van der Waals surface area contributed by atoms with Gasteiger partial charge in [-0.25, -0.2) is 15.0 Å². The number of likely N-dealkylation sites (tertiary alicyclic amines) is 1. The van der Waals surface area contributed by atoms with E-state index in [2.05, 4.69) is 78.7 Å². The lowest BCUT2D eigenvalue weighted by Crippen LogP contribution is -2.64. The number of rotatable bonds is 16. The largest absolute Gasteiger partial charge is 0.339 e. The maximum atomic E-state index is 4.41. The van der Waals surface area contributed by atoms with Crippen LogP contribution < -0.4 is 5.32 Å². The van der Waals surface area contributed by atoms with Gasteiger partial charge in [-0.2, -0.15) is 0 Å². The van der Waals surface area contributed by atoms with Gasteiger partial charge in [-0.1, -0.05) is 71.6 Å². The standard InChI is InChI=1S/C28H54N6/c1-8-10-12-13-14-15-16-17-18-25(32-26-30-22-29-23-31-26)34(19-11-9-2)24-20-27(3,4)33(7)28(5,6)21-24/h22-25H,8-21H2,1-7H3,(H,29,30,31,32). The van der Waals surface area contributed by atoms with Crippen molar-refractivity contribution in [3.63, 3.8) is 0 Å². The van der Waals surface area contributed by atoms with Gasteiger partial charge in [0.25, 0.3) is 0 Å². The first-order chi connectivity index (χ1) is 16.2. The van der Waals surface area contributed by atoms with Gasteiger partial charge in [-0.05, 0) is 60.4 Å². The zero-order chi connectivity index (χ0) is 25.0. The lowest BCUT2D eigenvalue weighted by atomic mass is 9.76. The average molecular weight is 475 g/mol. The Balaban J connectivity index is 2.12. The monoisotopic (exact) mass is 474 g/mol. The van der Waals surface area contributed by atoms with Crippen LogP contribution in [0.5, 0.6) is 0 Å². The second-order valence-corrected chi connectivity index (χ2v) is 11.7. The summed E-state index contributed by atoms with van der Waals surface area (Å²) in [6.45, 7) is 15.3. The second kappa shape index (κ2) is 14.3. The zero-order valence-corrected chi connectivity index (χ0v) is 23.4. The Bertz CT molecular complexity index is 644. The molecule has 0 saturated carbocycles. The highest BCUT2D eigenvalue weighted by Crippen LogP contribution is 2.40. The summed E-state index contributed by atoms with van der Waals surface area (Å²) in [6.07, 6.45) is 20.2. The number of nitrogens with one attached hydrogen (secondary N) is 1. The van der Waals surface area contributed by atoms with E-state index in [1.807, 2.05) is 0 Å². The van der Waals surface area contributed by atoms with Gasteiger partial charge in [0.2, 0.25) is 5.95 Å². The Hall–Kier alpha value is -1.27. The first-order valence-corrected chi connectivity index (χ1v) is 14.1. The molecule has 1 aliphatic heterocycles. The molecule has 0 aromatic carbocycles. The summed E-state index contributed by atoms with van der Waals surface area (Å²) in [4.78, 5) is 18.2. The van der Waals surface area contributed by atoms with Gasteiger partial charge < -0.3 is 5.32 Å². The summed E-state index contributed by atoms with van der Waals surface area (Å²) < 4.78 is 0. The maximum Gasteiger partial charge on any atom is 0.226 e. The molecule has 0 bridgehead atoms. The Labute approximate surface area is 210 Å². The van der Waals surface area contributed by atoms with Crippen LogP contribution in [0.25, 0.3) is 0 Å². The van der Waals surface area contributed by atoms with E-state index in [4.69, 9.17) is 0 Å². The topological polar surface area (TPSA) is 57.2 Å². The quantitative estimate of drug-likeness (QED) is 0.208. The average Bonchev–Trinajstić information content (AvgIpc) is 2.79. The van der Waals surface area contributed by atoms with Crippen molar-refractivity contribution < 1.29 is 0 Å². The predicted octanol–water partition coefficient (Wildman–Crippen LogP) is 6.89. The summed E-state index contributed by atoms with van der Waals surface area (Å²) in [5.74, 6) is 0.701. The molecule has 2 rings (SSSR count). The van der Waals surface area contributed by atoms with Crippen LogP contribution in [0.3, 0.4) is 0 Å². The minimum Gasteiger partial charge on any atom is -0.339 e. The van der Waals surface area contributed by atoms with Gasteiger partial charge in [0.05, 0.1) is 6.17 Å². The molecule has 1 N–H and O–H groups in total. The second-order valence-electron chi connectivity index (χ2n) is 11.7. The van der Waals surface area contributed by atoms with E-state index < -0.39 is 0 Å². The van der Waals surface area contributed by atoms with E-state index in [0.717, 1.165) is 13.0 Å². The number of nitrogens with zero attached hydrogens (tertiary/aromatic N) is 5. The Morgan fingerprint density at radius 2 is 1.41 bits per heavy atom. The number of hydrogen-bond acceptors (Lipinski definition) is 6. The molecule has 6 nitrogen and oxygen atoms in total. The molecule has 1 aromatic heterocycles. The van der Waals surface area contributed by atoms with E-state index >= 15 is 0 Å². The summed E-state index contributed by atoms with van der Waals surface area (Å²) >= 11 is 0. The van der Waals surface area contributed by atoms with Crippen LogP contribution in [0.1, 0.15) is 125 Å². The summed E-state index contributed by atoms with van der Waals surface area (Å²) in [5, 5.41) is 3.72. The van der Waals surface area contributed by atoms with E-state index in [1.54, 1.807) is 12.7 Å². The van der Waals surface area contributed by atoms with Crippen LogP contribution in [-0.2, 0) is 0 Å². The molecule has 1 aliphatic rings. The third-order valence-electron chi connectivity index (χ3n) is 8.05. The van der Waals surface area contributed by atoms with Crippen molar-refractivity contribution >= 4 is 5.95 Å². The van der Waals surface area contributed by atoms with Gasteiger partial charge >= 0.3 is 0 Å². The lowest BCUT2D eigenvalue weighted by molar-refractivity contribution is -0.0555. The first-order valence-electron chi connectivity index (χ1n) is 14.1. The van der Waals surface area contributed by atoms with Crippen molar-refractivity contribution in [1.82, 2.24) is 24.8 Å². The van der Waals surface area contributed by atoms with Crippen LogP contribution >= 0.6 is 0 Å². The fourth-order valence-electron chi connectivity index (χ4n) is 5.74. The fourth-order valence-corrected chi connectivity index (χ4v) is 5.74. The molecule has 0 aliphatic carbocycles. The number of aromatic nitrogens is 3. The van der Waals surface area contributed by atoms with Crippen molar-refractivity contribution in [3.05, 3.63) is 12.7 Å². The summed E-state index contributed by atoms with van der Waals surface area (Å²) in [6, 6.07) is 0.543. The third-order valence-corrected chi connectivity index (χ3v) is 8.05. The lowest BCUT2D eigenvalue weighted by Gasteiger charge is -2.56. The molecule has 1 fully saturated rings. The molecule has 0 spiro atoms. The van der Waals surface area contributed by atoms with Gasteiger partial charge in [0.1, 0.15) is 12.7 Å². The van der Waals surface area contributed by atoms with Crippen LogP contribution in [0.4, 0.5) is 5.95 Å². The van der Waals surface area contributed by atoms with E-state index in [0.29, 0.717) is 12.0 Å². The van der Waals surface area contributed by atoms with Crippen molar-refractivity contribution in [2.75, 3.05) is 18.9 Å². The molecule has 196 valence electrons. The van der Waals surface area contributed by atoms with Crippen molar-refractivity contribution in [3.8, 4) is 0 Å². The molecule has 1 saturated heterocycles.